The normalized spacial score (nSPS) is 10.2. The zero-order chi connectivity index (χ0) is 12.3. The minimum atomic E-state index is 0.0350. The summed E-state index contributed by atoms with van der Waals surface area (Å²) < 4.78 is 0. The van der Waals surface area contributed by atoms with Gasteiger partial charge in [-0.3, -0.25) is 9.78 Å². The molecule has 0 aliphatic rings. The van der Waals surface area contributed by atoms with E-state index >= 15 is 0 Å². The number of hydrogen-bond acceptors (Lipinski definition) is 2. The van der Waals surface area contributed by atoms with Crippen LogP contribution >= 0.6 is 0 Å². The van der Waals surface area contributed by atoms with Gasteiger partial charge in [0.15, 0.2) is 5.78 Å². The lowest BCUT2D eigenvalue weighted by Crippen LogP contribution is -2.02. The van der Waals surface area contributed by atoms with Crippen LogP contribution in [-0.4, -0.2) is 10.8 Å². The molecule has 2 heteroatoms. The first kappa shape index (κ1) is 11.5. The molecule has 2 nitrogen and oxygen atoms in total. The minimum Gasteiger partial charge on any atom is -0.289 e. The maximum atomic E-state index is 12.2. The number of benzene rings is 1. The van der Waals surface area contributed by atoms with Gasteiger partial charge in [-0.2, -0.15) is 0 Å². The second-order valence-electron chi connectivity index (χ2n) is 4.07. The van der Waals surface area contributed by atoms with E-state index in [9.17, 15) is 4.79 Å². The number of aromatic nitrogens is 1. The molecule has 0 amide bonds. The Bertz CT molecular complexity index is 529. The van der Waals surface area contributed by atoms with Gasteiger partial charge in [0, 0.05) is 23.0 Å². The number of rotatable bonds is 3. The highest BCUT2D eigenvalue weighted by molar-refractivity contribution is 6.08. The first-order valence-electron chi connectivity index (χ1n) is 5.77. The Labute approximate surface area is 101 Å². The van der Waals surface area contributed by atoms with Crippen molar-refractivity contribution in [2.24, 2.45) is 0 Å². The Morgan fingerprint density at radius 3 is 2.65 bits per heavy atom. The molecule has 2 aromatic rings. The number of nitrogens with zero attached hydrogens (tertiary/aromatic N) is 1. The summed E-state index contributed by atoms with van der Waals surface area (Å²) in [5.41, 5.74) is 3.47. The second-order valence-corrected chi connectivity index (χ2v) is 4.07. The highest BCUT2D eigenvalue weighted by Gasteiger charge is 2.09. The van der Waals surface area contributed by atoms with Gasteiger partial charge in [-0.05, 0) is 37.1 Å². The van der Waals surface area contributed by atoms with E-state index in [2.05, 4.69) is 11.9 Å². The van der Waals surface area contributed by atoms with Crippen molar-refractivity contribution < 1.29 is 4.79 Å². The van der Waals surface area contributed by atoms with Crippen LogP contribution in [0.15, 0.2) is 42.6 Å². The molecule has 0 N–H and O–H groups in total. The van der Waals surface area contributed by atoms with Gasteiger partial charge in [-0.25, -0.2) is 0 Å². The molecule has 1 aromatic heterocycles. The number of ketones is 1. The number of hydrogen-bond donors (Lipinski definition) is 0. The lowest BCUT2D eigenvalue weighted by molar-refractivity contribution is 0.103. The lowest BCUT2D eigenvalue weighted by Gasteiger charge is -2.03. The molecular formula is C15H15NO. The van der Waals surface area contributed by atoms with Crippen molar-refractivity contribution in [3.05, 3.63) is 65.0 Å². The van der Waals surface area contributed by atoms with Gasteiger partial charge in [0.2, 0.25) is 0 Å². The molecule has 1 aromatic carbocycles. The Kier molecular flexibility index (Phi) is 3.33. The van der Waals surface area contributed by atoms with Crippen LogP contribution in [0.25, 0.3) is 0 Å². The Hall–Kier alpha value is -1.96. The molecule has 0 aliphatic heterocycles. The fraction of sp³-hybridized carbons (Fsp3) is 0.200. The second kappa shape index (κ2) is 4.91. The summed E-state index contributed by atoms with van der Waals surface area (Å²) >= 11 is 0. The van der Waals surface area contributed by atoms with E-state index in [4.69, 9.17) is 0 Å². The molecule has 0 fully saturated rings. The largest absolute Gasteiger partial charge is 0.289 e. The molecule has 0 saturated heterocycles. The third-order valence-corrected chi connectivity index (χ3v) is 2.77. The third-order valence-electron chi connectivity index (χ3n) is 2.77. The molecular weight excluding hydrogens is 210 g/mol. The topological polar surface area (TPSA) is 30.0 Å². The number of carbonyl (C=O) groups excluding carboxylic acids is 1. The van der Waals surface area contributed by atoms with Gasteiger partial charge < -0.3 is 0 Å². The molecule has 0 atom stereocenters. The van der Waals surface area contributed by atoms with Gasteiger partial charge in [-0.1, -0.05) is 25.1 Å². The highest BCUT2D eigenvalue weighted by Crippen LogP contribution is 2.12. The average molecular weight is 225 g/mol. The standard InChI is InChI=1S/C15H15NO/c1-3-12-5-4-6-13(9-12)15(17)14-8-7-11(2)16-10-14/h4-10H,3H2,1-2H3. The molecule has 0 spiro atoms. The SMILES string of the molecule is CCc1cccc(C(=O)c2ccc(C)nc2)c1. The van der Waals surface area contributed by atoms with Crippen LogP contribution in [-0.2, 0) is 6.42 Å². The molecule has 0 radical (unpaired) electrons. The summed E-state index contributed by atoms with van der Waals surface area (Å²) in [6, 6.07) is 11.4. The summed E-state index contributed by atoms with van der Waals surface area (Å²) in [6.07, 6.45) is 2.57. The highest BCUT2D eigenvalue weighted by atomic mass is 16.1. The number of aryl methyl sites for hydroxylation is 2. The van der Waals surface area contributed by atoms with Crippen LogP contribution in [0.1, 0.15) is 34.1 Å². The Morgan fingerprint density at radius 1 is 1.18 bits per heavy atom. The quantitative estimate of drug-likeness (QED) is 0.751. The van der Waals surface area contributed by atoms with E-state index in [1.807, 2.05) is 43.3 Å². The fourth-order valence-electron chi connectivity index (χ4n) is 1.70. The summed E-state index contributed by atoms with van der Waals surface area (Å²) in [7, 11) is 0. The molecule has 86 valence electrons. The molecule has 0 aliphatic carbocycles. The van der Waals surface area contributed by atoms with E-state index in [0.29, 0.717) is 5.56 Å². The monoisotopic (exact) mass is 225 g/mol. The lowest BCUT2D eigenvalue weighted by atomic mass is 10.0. The average Bonchev–Trinajstić information content (AvgIpc) is 2.39. The molecule has 0 unspecified atom stereocenters. The molecule has 0 bridgehead atoms. The number of pyridine rings is 1. The van der Waals surface area contributed by atoms with Gasteiger partial charge in [0.1, 0.15) is 0 Å². The maximum absolute atomic E-state index is 12.2. The van der Waals surface area contributed by atoms with E-state index in [1.165, 1.54) is 5.56 Å². The summed E-state index contributed by atoms with van der Waals surface area (Å²) in [5, 5.41) is 0. The van der Waals surface area contributed by atoms with Gasteiger partial charge in [0.05, 0.1) is 0 Å². The van der Waals surface area contributed by atoms with E-state index in [-0.39, 0.29) is 5.78 Å². The van der Waals surface area contributed by atoms with Crippen LogP contribution in [0, 0.1) is 6.92 Å². The third kappa shape index (κ3) is 2.59. The predicted molar refractivity (Wildman–Crippen MR) is 68.2 cm³/mol. The maximum Gasteiger partial charge on any atom is 0.194 e. The summed E-state index contributed by atoms with van der Waals surface area (Å²) in [5.74, 6) is 0.0350. The van der Waals surface area contributed by atoms with Crippen LogP contribution in [0.2, 0.25) is 0 Å². The minimum absolute atomic E-state index is 0.0350. The van der Waals surface area contributed by atoms with Gasteiger partial charge >= 0.3 is 0 Å². The fourth-order valence-corrected chi connectivity index (χ4v) is 1.70. The van der Waals surface area contributed by atoms with Gasteiger partial charge in [0.25, 0.3) is 0 Å². The molecule has 17 heavy (non-hydrogen) atoms. The van der Waals surface area contributed by atoms with Crippen molar-refractivity contribution in [1.29, 1.82) is 0 Å². The smallest absolute Gasteiger partial charge is 0.194 e. The summed E-state index contributed by atoms with van der Waals surface area (Å²) in [4.78, 5) is 16.3. The van der Waals surface area contributed by atoms with Crippen LogP contribution in [0.3, 0.4) is 0 Å². The Balaban J connectivity index is 2.33. The van der Waals surface area contributed by atoms with Crippen molar-refractivity contribution in [2.45, 2.75) is 20.3 Å². The van der Waals surface area contributed by atoms with Crippen molar-refractivity contribution in [3.63, 3.8) is 0 Å². The predicted octanol–water partition coefficient (Wildman–Crippen LogP) is 3.18. The van der Waals surface area contributed by atoms with Crippen molar-refractivity contribution in [3.8, 4) is 0 Å². The van der Waals surface area contributed by atoms with Crippen molar-refractivity contribution >= 4 is 5.78 Å². The van der Waals surface area contributed by atoms with Gasteiger partial charge in [-0.15, -0.1) is 0 Å². The molecule has 2 rings (SSSR count). The van der Waals surface area contributed by atoms with E-state index in [0.717, 1.165) is 17.7 Å². The first-order valence-corrected chi connectivity index (χ1v) is 5.77. The summed E-state index contributed by atoms with van der Waals surface area (Å²) in [6.45, 7) is 3.99. The molecule has 1 heterocycles. The van der Waals surface area contributed by atoms with Crippen molar-refractivity contribution in [2.75, 3.05) is 0 Å². The zero-order valence-corrected chi connectivity index (χ0v) is 10.1. The number of carbonyl (C=O) groups is 1. The van der Waals surface area contributed by atoms with Crippen LogP contribution in [0.5, 0.6) is 0 Å². The molecule has 0 saturated carbocycles. The Morgan fingerprint density at radius 2 is 2.00 bits per heavy atom. The van der Waals surface area contributed by atoms with Crippen molar-refractivity contribution in [1.82, 2.24) is 4.98 Å². The zero-order valence-electron chi connectivity index (χ0n) is 10.1. The van der Waals surface area contributed by atoms with E-state index < -0.39 is 0 Å². The van der Waals surface area contributed by atoms with E-state index in [1.54, 1.807) is 6.20 Å². The van der Waals surface area contributed by atoms with Crippen LogP contribution in [0.4, 0.5) is 0 Å². The van der Waals surface area contributed by atoms with Crippen LogP contribution < -0.4 is 0 Å². The first-order chi connectivity index (χ1) is 8.20.